The predicted octanol–water partition coefficient (Wildman–Crippen LogP) is 5.44. The molecule has 4 heteroatoms. The van der Waals surface area contributed by atoms with Gasteiger partial charge < -0.3 is 14.8 Å². The highest BCUT2D eigenvalue weighted by Crippen LogP contribution is 2.50. The number of benzene rings is 2. The molecule has 3 aliphatic rings. The summed E-state index contributed by atoms with van der Waals surface area (Å²) in [4.78, 5) is 13.1. The molecule has 2 aromatic rings. The molecule has 5 rings (SSSR count). The summed E-state index contributed by atoms with van der Waals surface area (Å²) in [7, 11) is 0. The minimum absolute atomic E-state index is 0.113. The van der Waals surface area contributed by atoms with E-state index in [4.69, 9.17) is 0 Å². The van der Waals surface area contributed by atoms with Crippen molar-refractivity contribution in [1.82, 2.24) is 0 Å². The Kier molecular flexibility index (Phi) is 5.26. The molecule has 2 atom stereocenters. The lowest BCUT2D eigenvalue weighted by Gasteiger charge is -2.43. The van der Waals surface area contributed by atoms with E-state index in [9.17, 15) is 9.90 Å². The molecule has 30 heavy (non-hydrogen) atoms. The SMILES string of the molecule is O=CC1CCN(c2ccc([C@H]3c4ccc(O)cc4CC[C@H]3C3CCC3)cc2F)CC1. The zero-order valence-electron chi connectivity index (χ0n) is 17.4. The number of nitrogens with zero attached hydrogens (tertiary/aromatic N) is 1. The Bertz CT molecular complexity index is 931. The summed E-state index contributed by atoms with van der Waals surface area (Å²) in [6.45, 7) is 1.46. The standard InChI is InChI=1S/C26H30FNO2/c27-24-15-20(5-9-25(24)28-12-10-17(16-29)11-13-28)26-22(18-2-1-3-18)7-4-19-14-21(30)6-8-23(19)26/h5-6,8-9,14-18,22,26,30H,1-4,7,10-13H2/t22-,26+/m0/s1. The minimum Gasteiger partial charge on any atom is -0.508 e. The topological polar surface area (TPSA) is 40.5 Å². The summed E-state index contributed by atoms with van der Waals surface area (Å²) in [5, 5.41) is 9.95. The van der Waals surface area contributed by atoms with Crippen molar-refractivity contribution in [3.05, 3.63) is 58.9 Å². The molecule has 1 saturated heterocycles. The van der Waals surface area contributed by atoms with Gasteiger partial charge in [-0.1, -0.05) is 31.4 Å². The first-order valence-electron chi connectivity index (χ1n) is 11.5. The Labute approximate surface area is 177 Å². The number of hydrogen-bond acceptors (Lipinski definition) is 3. The van der Waals surface area contributed by atoms with E-state index in [1.165, 1.54) is 30.4 Å². The van der Waals surface area contributed by atoms with E-state index in [1.54, 1.807) is 12.1 Å². The van der Waals surface area contributed by atoms with Crippen LogP contribution in [-0.4, -0.2) is 24.5 Å². The third kappa shape index (κ3) is 3.51. The van der Waals surface area contributed by atoms with E-state index in [1.807, 2.05) is 12.1 Å². The molecule has 2 fully saturated rings. The Balaban J connectivity index is 1.47. The van der Waals surface area contributed by atoms with Crippen LogP contribution < -0.4 is 4.90 Å². The molecule has 2 aliphatic carbocycles. The van der Waals surface area contributed by atoms with Gasteiger partial charge in [0.05, 0.1) is 5.69 Å². The van der Waals surface area contributed by atoms with E-state index < -0.39 is 0 Å². The number of hydrogen-bond donors (Lipinski definition) is 1. The van der Waals surface area contributed by atoms with Crippen LogP contribution in [0.1, 0.15) is 61.1 Å². The highest BCUT2D eigenvalue weighted by Gasteiger charge is 2.38. The molecule has 3 nitrogen and oxygen atoms in total. The molecular weight excluding hydrogens is 377 g/mol. The molecule has 0 bridgehead atoms. The van der Waals surface area contributed by atoms with Crippen LogP contribution in [0.2, 0.25) is 0 Å². The van der Waals surface area contributed by atoms with Crippen LogP contribution in [0.25, 0.3) is 0 Å². The van der Waals surface area contributed by atoms with Gasteiger partial charge in [0.25, 0.3) is 0 Å². The van der Waals surface area contributed by atoms with Gasteiger partial charge in [0.15, 0.2) is 0 Å². The Morgan fingerprint density at radius 2 is 1.80 bits per heavy atom. The van der Waals surface area contributed by atoms with Gasteiger partial charge in [0.2, 0.25) is 0 Å². The molecule has 1 aliphatic heterocycles. The zero-order chi connectivity index (χ0) is 20.7. The van der Waals surface area contributed by atoms with E-state index in [0.29, 0.717) is 17.4 Å². The van der Waals surface area contributed by atoms with Crippen LogP contribution >= 0.6 is 0 Å². The Hall–Kier alpha value is -2.36. The number of halogens is 1. The summed E-state index contributed by atoms with van der Waals surface area (Å²) >= 11 is 0. The molecule has 1 saturated carbocycles. The Morgan fingerprint density at radius 1 is 1.00 bits per heavy atom. The van der Waals surface area contributed by atoms with Crippen molar-refractivity contribution in [3.63, 3.8) is 0 Å². The van der Waals surface area contributed by atoms with Crippen molar-refractivity contribution >= 4 is 12.0 Å². The van der Waals surface area contributed by atoms with Gasteiger partial charge in [0.1, 0.15) is 17.9 Å². The van der Waals surface area contributed by atoms with Crippen LogP contribution in [0, 0.1) is 23.6 Å². The first-order valence-corrected chi connectivity index (χ1v) is 11.5. The largest absolute Gasteiger partial charge is 0.508 e. The smallest absolute Gasteiger partial charge is 0.146 e. The molecule has 2 aromatic carbocycles. The number of anilines is 1. The summed E-state index contributed by atoms with van der Waals surface area (Å²) in [6.07, 6.45) is 8.60. The molecule has 158 valence electrons. The lowest BCUT2D eigenvalue weighted by Crippen LogP contribution is -2.35. The summed E-state index contributed by atoms with van der Waals surface area (Å²) in [5.41, 5.74) is 4.18. The van der Waals surface area contributed by atoms with Crippen molar-refractivity contribution in [2.45, 2.75) is 50.9 Å². The number of aryl methyl sites for hydroxylation is 1. The first kappa shape index (κ1) is 19.6. The lowest BCUT2D eigenvalue weighted by atomic mass is 9.62. The van der Waals surface area contributed by atoms with Crippen LogP contribution in [0.15, 0.2) is 36.4 Å². The molecule has 1 heterocycles. The number of fused-ring (bicyclic) bond motifs is 1. The van der Waals surface area contributed by atoms with Crippen molar-refractivity contribution in [2.24, 2.45) is 17.8 Å². The minimum atomic E-state index is -0.157. The van der Waals surface area contributed by atoms with Crippen LogP contribution in [-0.2, 0) is 11.2 Å². The van der Waals surface area contributed by atoms with E-state index in [0.717, 1.165) is 56.5 Å². The van der Waals surface area contributed by atoms with Crippen molar-refractivity contribution < 1.29 is 14.3 Å². The fraction of sp³-hybridized carbons (Fsp3) is 0.500. The van der Waals surface area contributed by atoms with Gasteiger partial charge >= 0.3 is 0 Å². The maximum absolute atomic E-state index is 15.3. The number of rotatable bonds is 4. The van der Waals surface area contributed by atoms with Gasteiger partial charge in [-0.15, -0.1) is 0 Å². The fourth-order valence-corrected chi connectivity index (χ4v) is 5.88. The zero-order valence-corrected chi connectivity index (χ0v) is 17.4. The number of carbonyl (C=O) groups excluding carboxylic acids is 1. The second kappa shape index (κ2) is 8.05. The van der Waals surface area contributed by atoms with Gasteiger partial charge in [-0.2, -0.15) is 0 Å². The third-order valence-corrected chi connectivity index (χ3v) is 7.80. The maximum atomic E-state index is 15.3. The summed E-state index contributed by atoms with van der Waals surface area (Å²) in [6, 6.07) is 11.5. The quantitative estimate of drug-likeness (QED) is 0.686. The number of piperidine rings is 1. The third-order valence-electron chi connectivity index (χ3n) is 7.80. The maximum Gasteiger partial charge on any atom is 0.146 e. The number of aldehydes is 1. The van der Waals surface area contributed by atoms with Crippen LogP contribution in [0.3, 0.4) is 0 Å². The molecule has 0 spiro atoms. The second-order valence-electron chi connectivity index (χ2n) is 9.43. The summed E-state index contributed by atoms with van der Waals surface area (Å²) < 4.78 is 15.3. The van der Waals surface area contributed by atoms with Gasteiger partial charge in [-0.25, -0.2) is 4.39 Å². The van der Waals surface area contributed by atoms with Crippen LogP contribution in [0.5, 0.6) is 5.75 Å². The number of phenolic OH excluding ortho intramolecular Hbond substituents is 1. The van der Waals surface area contributed by atoms with Crippen molar-refractivity contribution in [3.8, 4) is 5.75 Å². The highest BCUT2D eigenvalue weighted by molar-refractivity contribution is 5.56. The highest BCUT2D eigenvalue weighted by atomic mass is 19.1. The molecule has 0 aromatic heterocycles. The van der Waals surface area contributed by atoms with E-state index >= 15 is 4.39 Å². The monoisotopic (exact) mass is 407 g/mol. The van der Waals surface area contributed by atoms with Crippen LogP contribution in [0.4, 0.5) is 10.1 Å². The molecule has 0 amide bonds. The lowest BCUT2D eigenvalue weighted by molar-refractivity contribution is -0.111. The van der Waals surface area contributed by atoms with E-state index in [2.05, 4.69) is 17.0 Å². The second-order valence-corrected chi connectivity index (χ2v) is 9.43. The van der Waals surface area contributed by atoms with Gasteiger partial charge in [-0.05, 0) is 78.5 Å². The van der Waals surface area contributed by atoms with Crippen molar-refractivity contribution in [2.75, 3.05) is 18.0 Å². The molecular formula is C26H30FNO2. The number of phenols is 1. The Morgan fingerprint density at radius 3 is 2.47 bits per heavy atom. The van der Waals surface area contributed by atoms with Gasteiger partial charge in [-0.3, -0.25) is 0 Å². The van der Waals surface area contributed by atoms with Gasteiger partial charge in [0, 0.05) is 24.9 Å². The average Bonchev–Trinajstić information content (AvgIpc) is 2.72. The average molecular weight is 408 g/mol. The number of carbonyl (C=O) groups is 1. The molecule has 1 N–H and O–H groups in total. The summed E-state index contributed by atoms with van der Waals surface area (Å²) in [5.74, 6) is 1.74. The first-order chi connectivity index (χ1) is 14.6. The number of aromatic hydroxyl groups is 1. The van der Waals surface area contributed by atoms with Crippen molar-refractivity contribution in [1.29, 1.82) is 0 Å². The normalized spacial score (nSPS) is 24.9. The molecule has 0 radical (unpaired) electrons. The fourth-order valence-electron chi connectivity index (χ4n) is 5.88. The van der Waals surface area contributed by atoms with E-state index in [-0.39, 0.29) is 17.7 Å². The molecule has 0 unspecified atom stereocenters. The predicted molar refractivity (Wildman–Crippen MR) is 117 cm³/mol.